The Labute approximate surface area is 148 Å². The molecule has 3 rings (SSSR count). The van der Waals surface area contributed by atoms with Crippen LogP contribution in [0.3, 0.4) is 0 Å². The third-order valence-electron chi connectivity index (χ3n) is 3.67. The molecule has 134 valence electrons. The zero-order valence-electron chi connectivity index (χ0n) is 14.4. The van der Waals surface area contributed by atoms with Gasteiger partial charge in [0.25, 0.3) is 0 Å². The molecule has 0 radical (unpaired) electrons. The molecule has 3 heterocycles. The van der Waals surface area contributed by atoms with E-state index in [4.69, 9.17) is 4.74 Å². The number of pyridine rings is 1. The lowest BCUT2D eigenvalue weighted by Crippen LogP contribution is -2.17. The molecule has 0 bridgehead atoms. The zero-order valence-corrected chi connectivity index (χ0v) is 14.4. The predicted octanol–water partition coefficient (Wildman–Crippen LogP) is 2.09. The lowest BCUT2D eigenvalue weighted by Gasteiger charge is -2.06. The monoisotopic (exact) mass is 355 g/mol. The second-order valence-corrected chi connectivity index (χ2v) is 5.88. The van der Waals surface area contributed by atoms with Gasteiger partial charge in [0, 0.05) is 17.7 Å². The van der Waals surface area contributed by atoms with Crippen LogP contribution in [0.5, 0.6) is 5.88 Å². The van der Waals surface area contributed by atoms with Crippen LogP contribution in [0.4, 0.5) is 5.82 Å². The van der Waals surface area contributed by atoms with Crippen LogP contribution in [0.25, 0.3) is 16.9 Å². The minimum Gasteiger partial charge on any atom is -0.480 e. The van der Waals surface area contributed by atoms with Crippen LogP contribution in [-0.4, -0.2) is 43.7 Å². The number of nitrogens with one attached hydrogen (secondary N) is 1. The van der Waals surface area contributed by atoms with E-state index in [1.54, 1.807) is 32.2 Å². The Bertz CT molecular complexity index is 996. The molecule has 26 heavy (non-hydrogen) atoms. The first-order chi connectivity index (χ1) is 12.4. The van der Waals surface area contributed by atoms with Gasteiger partial charge in [-0.15, -0.1) is 0 Å². The van der Waals surface area contributed by atoms with Gasteiger partial charge in [-0.25, -0.2) is 19.3 Å². The van der Waals surface area contributed by atoms with E-state index in [2.05, 4.69) is 20.4 Å². The number of methoxy groups -OCH3 is 1. The third-order valence-corrected chi connectivity index (χ3v) is 3.67. The number of amides is 1. The number of carbonyl (C=O) groups is 2. The second-order valence-electron chi connectivity index (χ2n) is 5.88. The highest BCUT2D eigenvalue weighted by Crippen LogP contribution is 2.23. The van der Waals surface area contributed by atoms with Crippen molar-refractivity contribution in [1.29, 1.82) is 0 Å². The Balaban J connectivity index is 1.98. The van der Waals surface area contributed by atoms with E-state index in [-0.39, 0.29) is 23.3 Å². The van der Waals surface area contributed by atoms with Crippen LogP contribution in [0.15, 0.2) is 30.6 Å². The van der Waals surface area contributed by atoms with Crippen LogP contribution < -0.4 is 10.1 Å². The van der Waals surface area contributed by atoms with Crippen molar-refractivity contribution in [3.05, 3.63) is 36.2 Å². The van der Waals surface area contributed by atoms with Gasteiger partial charge in [0.1, 0.15) is 5.56 Å². The van der Waals surface area contributed by atoms with E-state index in [0.29, 0.717) is 22.7 Å². The number of hydrogen-bond donors (Lipinski definition) is 2. The Morgan fingerprint density at radius 3 is 2.73 bits per heavy atom. The minimum absolute atomic E-state index is 0.0312. The number of carboxylic acids is 1. The number of carbonyl (C=O) groups excluding carboxylic acids is 1. The van der Waals surface area contributed by atoms with Crippen LogP contribution >= 0.6 is 0 Å². The predicted molar refractivity (Wildman–Crippen MR) is 93.2 cm³/mol. The molecule has 0 aliphatic heterocycles. The van der Waals surface area contributed by atoms with Crippen molar-refractivity contribution in [3.8, 4) is 17.1 Å². The summed E-state index contributed by atoms with van der Waals surface area (Å²) in [5, 5.41) is 16.4. The van der Waals surface area contributed by atoms with E-state index < -0.39 is 5.97 Å². The van der Waals surface area contributed by atoms with Gasteiger partial charge in [-0.3, -0.25) is 4.79 Å². The number of fused-ring (bicyclic) bond motifs is 1. The number of carboxylic acid groups (broad SMARTS) is 1. The van der Waals surface area contributed by atoms with Crippen LogP contribution in [0, 0.1) is 5.92 Å². The normalized spacial score (nSPS) is 10.9. The fourth-order valence-corrected chi connectivity index (χ4v) is 2.27. The summed E-state index contributed by atoms with van der Waals surface area (Å²) in [5.74, 6) is -1.02. The van der Waals surface area contributed by atoms with Gasteiger partial charge in [-0.2, -0.15) is 5.10 Å². The van der Waals surface area contributed by atoms with E-state index in [1.165, 1.54) is 23.9 Å². The molecule has 0 aliphatic rings. The highest BCUT2D eigenvalue weighted by Gasteiger charge is 2.15. The summed E-state index contributed by atoms with van der Waals surface area (Å²) in [6.45, 7) is 3.58. The Hall–Kier alpha value is -3.49. The third kappa shape index (κ3) is 3.32. The molecule has 0 atom stereocenters. The van der Waals surface area contributed by atoms with E-state index in [1.807, 2.05) is 0 Å². The van der Waals surface area contributed by atoms with Crippen molar-refractivity contribution >= 4 is 23.3 Å². The van der Waals surface area contributed by atoms with Gasteiger partial charge in [-0.05, 0) is 18.2 Å². The quantitative estimate of drug-likeness (QED) is 0.719. The van der Waals surface area contributed by atoms with Crippen molar-refractivity contribution in [3.63, 3.8) is 0 Å². The highest BCUT2D eigenvalue weighted by molar-refractivity contribution is 5.92. The fraction of sp³-hybridized carbons (Fsp3) is 0.235. The molecule has 0 fully saturated rings. The Kier molecular flexibility index (Phi) is 4.53. The van der Waals surface area contributed by atoms with E-state index >= 15 is 0 Å². The molecule has 3 aromatic heterocycles. The zero-order chi connectivity index (χ0) is 18.8. The Morgan fingerprint density at radius 2 is 2.08 bits per heavy atom. The highest BCUT2D eigenvalue weighted by atomic mass is 16.5. The van der Waals surface area contributed by atoms with Crippen LogP contribution in [0.2, 0.25) is 0 Å². The van der Waals surface area contributed by atoms with Crippen molar-refractivity contribution < 1.29 is 19.4 Å². The molecule has 9 heteroatoms. The molecule has 0 aliphatic carbocycles. The number of aromatic carboxylic acids is 1. The molecule has 0 aromatic carbocycles. The molecule has 1 amide bonds. The van der Waals surface area contributed by atoms with E-state index in [0.717, 1.165) is 0 Å². The average molecular weight is 355 g/mol. The van der Waals surface area contributed by atoms with Gasteiger partial charge in [-0.1, -0.05) is 13.8 Å². The van der Waals surface area contributed by atoms with Crippen LogP contribution in [0.1, 0.15) is 24.2 Å². The molecule has 0 spiro atoms. The SMILES string of the molecule is COc1ncc(-c2ccc3nc(NC(=O)C(C)C)cn3n2)cc1C(=O)O. The molecular formula is C17H17N5O4. The molecule has 3 aromatic rings. The van der Waals surface area contributed by atoms with Gasteiger partial charge in [0.15, 0.2) is 11.5 Å². The van der Waals surface area contributed by atoms with E-state index in [9.17, 15) is 14.7 Å². The summed E-state index contributed by atoms with van der Waals surface area (Å²) < 4.78 is 6.47. The van der Waals surface area contributed by atoms with Gasteiger partial charge < -0.3 is 15.2 Å². The first kappa shape index (κ1) is 17.3. The molecule has 9 nitrogen and oxygen atoms in total. The number of anilines is 1. The molecular weight excluding hydrogens is 338 g/mol. The maximum absolute atomic E-state index is 11.8. The topological polar surface area (TPSA) is 119 Å². The van der Waals surface area contributed by atoms with Crippen molar-refractivity contribution in [1.82, 2.24) is 19.6 Å². The van der Waals surface area contributed by atoms with Crippen molar-refractivity contribution in [2.45, 2.75) is 13.8 Å². The fourth-order valence-electron chi connectivity index (χ4n) is 2.27. The summed E-state index contributed by atoms with van der Waals surface area (Å²) >= 11 is 0. The maximum atomic E-state index is 11.8. The standard InChI is InChI=1S/C17H17N5O4/c1-9(2)15(23)20-13-8-22-14(19-13)5-4-12(21-22)10-6-11(17(24)25)16(26-3)18-7-10/h4-9H,1-3H3,(H,20,23)(H,24,25). The number of ether oxygens (including phenoxy) is 1. The number of imidazole rings is 1. The number of aromatic nitrogens is 4. The maximum Gasteiger partial charge on any atom is 0.341 e. The summed E-state index contributed by atoms with van der Waals surface area (Å²) in [7, 11) is 1.36. The Morgan fingerprint density at radius 1 is 1.31 bits per heavy atom. The smallest absolute Gasteiger partial charge is 0.341 e. The minimum atomic E-state index is -1.14. The molecule has 2 N–H and O–H groups in total. The summed E-state index contributed by atoms with van der Waals surface area (Å²) in [5.41, 5.74) is 1.52. The van der Waals surface area contributed by atoms with Gasteiger partial charge >= 0.3 is 5.97 Å². The van der Waals surface area contributed by atoms with Crippen molar-refractivity contribution in [2.75, 3.05) is 12.4 Å². The lowest BCUT2D eigenvalue weighted by atomic mass is 10.1. The summed E-state index contributed by atoms with van der Waals surface area (Å²) in [6, 6.07) is 4.87. The summed E-state index contributed by atoms with van der Waals surface area (Å²) in [4.78, 5) is 31.4. The second kappa shape index (κ2) is 6.79. The van der Waals surface area contributed by atoms with Crippen LogP contribution in [-0.2, 0) is 4.79 Å². The number of rotatable bonds is 5. The van der Waals surface area contributed by atoms with Crippen molar-refractivity contribution in [2.24, 2.45) is 5.92 Å². The first-order valence-corrected chi connectivity index (χ1v) is 7.84. The summed E-state index contributed by atoms with van der Waals surface area (Å²) in [6.07, 6.45) is 3.08. The molecule has 0 unspecified atom stereocenters. The number of nitrogens with zero attached hydrogens (tertiary/aromatic N) is 4. The van der Waals surface area contributed by atoms with Gasteiger partial charge in [0.2, 0.25) is 11.8 Å². The lowest BCUT2D eigenvalue weighted by molar-refractivity contribution is -0.118. The molecule has 0 saturated heterocycles. The van der Waals surface area contributed by atoms with Gasteiger partial charge in [0.05, 0.1) is 19.0 Å². The number of hydrogen-bond acceptors (Lipinski definition) is 6. The first-order valence-electron chi connectivity index (χ1n) is 7.84. The largest absolute Gasteiger partial charge is 0.480 e. The average Bonchev–Trinajstić information content (AvgIpc) is 3.02. The molecule has 0 saturated carbocycles.